The normalized spacial score (nSPS) is 42.2. The van der Waals surface area contributed by atoms with Crippen molar-refractivity contribution in [2.45, 2.75) is 44.6 Å². The minimum Gasteiger partial charge on any atom is -0.481 e. The van der Waals surface area contributed by atoms with Gasteiger partial charge in [0.25, 0.3) is 0 Å². The molecule has 2 bridgehead atoms. The summed E-state index contributed by atoms with van der Waals surface area (Å²) in [5.74, 6) is 0.920. The summed E-state index contributed by atoms with van der Waals surface area (Å²) < 4.78 is 0. The fourth-order valence-electron chi connectivity index (χ4n) is 4.13. The SMILES string of the molecule is O=C(O)C1CCC(CNC2CN3CCC2CC3)CC1. The van der Waals surface area contributed by atoms with Gasteiger partial charge in [0.05, 0.1) is 5.92 Å². The Morgan fingerprint density at radius 2 is 1.79 bits per heavy atom. The number of aliphatic carboxylic acids is 1. The third-order valence-electron chi connectivity index (χ3n) is 5.52. The van der Waals surface area contributed by atoms with E-state index in [-0.39, 0.29) is 5.92 Å². The van der Waals surface area contributed by atoms with Gasteiger partial charge in [-0.05, 0) is 70.0 Å². The number of carbonyl (C=O) groups is 1. The Labute approximate surface area is 115 Å². The van der Waals surface area contributed by atoms with Gasteiger partial charge in [0.1, 0.15) is 0 Å². The lowest BCUT2D eigenvalue weighted by atomic mass is 9.80. The zero-order valence-corrected chi connectivity index (χ0v) is 11.7. The molecule has 19 heavy (non-hydrogen) atoms. The Balaban J connectivity index is 1.40. The molecule has 1 aliphatic carbocycles. The molecule has 0 aromatic heterocycles. The maximum absolute atomic E-state index is 10.9. The van der Waals surface area contributed by atoms with Crippen molar-refractivity contribution < 1.29 is 9.90 Å². The van der Waals surface area contributed by atoms with Gasteiger partial charge in [-0.15, -0.1) is 0 Å². The predicted molar refractivity (Wildman–Crippen MR) is 74.0 cm³/mol. The molecule has 0 radical (unpaired) electrons. The van der Waals surface area contributed by atoms with E-state index in [1.807, 2.05) is 0 Å². The molecular weight excluding hydrogens is 240 g/mol. The highest BCUT2D eigenvalue weighted by Gasteiger charge is 2.34. The van der Waals surface area contributed by atoms with Crippen LogP contribution in [0.1, 0.15) is 38.5 Å². The van der Waals surface area contributed by atoms with E-state index in [2.05, 4.69) is 10.2 Å². The van der Waals surface area contributed by atoms with Crippen LogP contribution in [-0.4, -0.2) is 48.2 Å². The second-order valence-corrected chi connectivity index (χ2v) is 6.71. The van der Waals surface area contributed by atoms with E-state index in [0.29, 0.717) is 12.0 Å². The fraction of sp³-hybridized carbons (Fsp3) is 0.933. The van der Waals surface area contributed by atoms with Gasteiger partial charge in [0, 0.05) is 12.6 Å². The van der Waals surface area contributed by atoms with Gasteiger partial charge in [-0.1, -0.05) is 0 Å². The Morgan fingerprint density at radius 1 is 1.11 bits per heavy atom. The lowest BCUT2D eigenvalue weighted by molar-refractivity contribution is -0.143. The van der Waals surface area contributed by atoms with Crippen molar-refractivity contribution in [1.29, 1.82) is 0 Å². The van der Waals surface area contributed by atoms with E-state index in [0.717, 1.165) is 38.1 Å². The zero-order valence-electron chi connectivity index (χ0n) is 11.7. The third kappa shape index (κ3) is 3.11. The summed E-state index contributed by atoms with van der Waals surface area (Å²) in [4.78, 5) is 13.5. The molecule has 4 rings (SSSR count). The quantitative estimate of drug-likeness (QED) is 0.811. The number of nitrogens with zero attached hydrogens (tertiary/aromatic N) is 1. The molecule has 1 unspecified atom stereocenters. The van der Waals surface area contributed by atoms with Crippen LogP contribution in [0.25, 0.3) is 0 Å². The molecule has 4 fully saturated rings. The van der Waals surface area contributed by atoms with Gasteiger partial charge in [-0.3, -0.25) is 4.79 Å². The molecule has 3 aliphatic heterocycles. The molecular formula is C15H26N2O2. The smallest absolute Gasteiger partial charge is 0.306 e. The van der Waals surface area contributed by atoms with Crippen LogP contribution in [0.15, 0.2) is 0 Å². The Hall–Kier alpha value is -0.610. The average Bonchev–Trinajstić information content (AvgIpc) is 2.47. The summed E-state index contributed by atoms with van der Waals surface area (Å²) >= 11 is 0. The highest BCUT2D eigenvalue weighted by Crippen LogP contribution is 2.30. The summed E-state index contributed by atoms with van der Waals surface area (Å²) in [6, 6.07) is 0.694. The molecule has 4 nitrogen and oxygen atoms in total. The molecule has 4 heteroatoms. The van der Waals surface area contributed by atoms with Crippen LogP contribution in [0, 0.1) is 17.8 Å². The van der Waals surface area contributed by atoms with Crippen LogP contribution in [0.5, 0.6) is 0 Å². The van der Waals surface area contributed by atoms with Crippen LogP contribution in [0.4, 0.5) is 0 Å². The van der Waals surface area contributed by atoms with Crippen molar-refractivity contribution in [2.75, 3.05) is 26.2 Å². The molecule has 0 aromatic rings. The van der Waals surface area contributed by atoms with Crippen molar-refractivity contribution in [3.05, 3.63) is 0 Å². The molecule has 1 saturated carbocycles. The zero-order chi connectivity index (χ0) is 13.2. The number of rotatable bonds is 4. The Morgan fingerprint density at radius 3 is 2.32 bits per heavy atom. The number of nitrogens with one attached hydrogen (secondary N) is 1. The second-order valence-electron chi connectivity index (χ2n) is 6.71. The van der Waals surface area contributed by atoms with Gasteiger partial charge < -0.3 is 15.3 Å². The number of hydrogen-bond donors (Lipinski definition) is 2. The molecule has 3 heterocycles. The largest absolute Gasteiger partial charge is 0.481 e. The maximum atomic E-state index is 10.9. The van der Waals surface area contributed by atoms with E-state index < -0.39 is 5.97 Å². The van der Waals surface area contributed by atoms with E-state index in [1.165, 1.54) is 32.5 Å². The van der Waals surface area contributed by atoms with E-state index in [1.54, 1.807) is 0 Å². The molecule has 3 saturated heterocycles. The van der Waals surface area contributed by atoms with Gasteiger partial charge in [0.2, 0.25) is 0 Å². The first-order chi connectivity index (χ1) is 9.22. The minimum absolute atomic E-state index is 0.0759. The molecule has 0 spiro atoms. The average molecular weight is 266 g/mol. The van der Waals surface area contributed by atoms with Gasteiger partial charge in [0.15, 0.2) is 0 Å². The van der Waals surface area contributed by atoms with Crippen molar-refractivity contribution >= 4 is 5.97 Å². The summed E-state index contributed by atoms with van der Waals surface area (Å²) in [5, 5.41) is 12.8. The number of carboxylic acid groups (broad SMARTS) is 1. The highest BCUT2D eigenvalue weighted by molar-refractivity contribution is 5.69. The maximum Gasteiger partial charge on any atom is 0.306 e. The Bertz CT molecular complexity index is 318. The first-order valence-corrected chi connectivity index (χ1v) is 7.91. The molecule has 0 amide bonds. The number of piperidine rings is 3. The summed E-state index contributed by atoms with van der Waals surface area (Å²) in [6.45, 7) is 4.93. The van der Waals surface area contributed by atoms with Crippen molar-refractivity contribution in [1.82, 2.24) is 10.2 Å². The van der Waals surface area contributed by atoms with E-state index in [4.69, 9.17) is 5.11 Å². The summed E-state index contributed by atoms with van der Waals surface area (Å²) in [6.07, 6.45) is 6.66. The molecule has 4 aliphatic rings. The summed E-state index contributed by atoms with van der Waals surface area (Å²) in [7, 11) is 0. The lowest BCUT2D eigenvalue weighted by Gasteiger charge is -2.45. The number of carboxylic acids is 1. The lowest BCUT2D eigenvalue weighted by Crippen LogP contribution is -2.56. The topological polar surface area (TPSA) is 52.6 Å². The summed E-state index contributed by atoms with van der Waals surface area (Å²) in [5.41, 5.74) is 0. The van der Waals surface area contributed by atoms with Crippen LogP contribution >= 0.6 is 0 Å². The molecule has 2 N–H and O–H groups in total. The van der Waals surface area contributed by atoms with Crippen LogP contribution in [-0.2, 0) is 4.79 Å². The van der Waals surface area contributed by atoms with E-state index >= 15 is 0 Å². The minimum atomic E-state index is -0.594. The van der Waals surface area contributed by atoms with Crippen molar-refractivity contribution in [2.24, 2.45) is 17.8 Å². The third-order valence-corrected chi connectivity index (χ3v) is 5.52. The van der Waals surface area contributed by atoms with Crippen molar-refractivity contribution in [3.63, 3.8) is 0 Å². The monoisotopic (exact) mass is 266 g/mol. The van der Waals surface area contributed by atoms with Crippen LogP contribution in [0.3, 0.4) is 0 Å². The number of hydrogen-bond acceptors (Lipinski definition) is 3. The van der Waals surface area contributed by atoms with Crippen molar-refractivity contribution in [3.8, 4) is 0 Å². The molecule has 1 atom stereocenters. The van der Waals surface area contributed by atoms with Gasteiger partial charge >= 0.3 is 5.97 Å². The highest BCUT2D eigenvalue weighted by atomic mass is 16.4. The fourth-order valence-corrected chi connectivity index (χ4v) is 4.13. The van der Waals surface area contributed by atoms with E-state index in [9.17, 15) is 4.79 Å². The predicted octanol–water partition coefficient (Wildman–Crippen LogP) is 1.56. The molecule has 0 aromatic carbocycles. The van der Waals surface area contributed by atoms with Crippen LogP contribution in [0.2, 0.25) is 0 Å². The Kier molecular flexibility index (Phi) is 4.08. The first kappa shape index (κ1) is 13.4. The molecule has 108 valence electrons. The van der Waals surface area contributed by atoms with Crippen LogP contribution < -0.4 is 5.32 Å². The standard InChI is InChI=1S/C15H26N2O2/c18-15(19)13-3-1-11(2-4-13)9-16-14-10-17-7-5-12(14)6-8-17/h11-14,16H,1-10H2,(H,18,19). The number of fused-ring (bicyclic) bond motifs is 3. The first-order valence-electron chi connectivity index (χ1n) is 7.91. The van der Waals surface area contributed by atoms with Gasteiger partial charge in [-0.2, -0.15) is 0 Å². The van der Waals surface area contributed by atoms with Gasteiger partial charge in [-0.25, -0.2) is 0 Å². The second kappa shape index (κ2) is 5.80.